The molecule has 0 unspecified atom stereocenters. The minimum atomic E-state index is -0.651. The highest BCUT2D eigenvalue weighted by Gasteiger charge is 2.12. The summed E-state index contributed by atoms with van der Waals surface area (Å²) in [7, 11) is 1.76. The quantitative estimate of drug-likeness (QED) is 0.822. The van der Waals surface area contributed by atoms with Crippen LogP contribution in [0, 0.1) is 17.7 Å². The Balaban J connectivity index is 2.07. The second kappa shape index (κ2) is 6.68. The number of aromatic nitrogens is 2. The minimum Gasteiger partial charge on any atom is -0.384 e. The van der Waals surface area contributed by atoms with E-state index in [2.05, 4.69) is 22.3 Å². The van der Waals surface area contributed by atoms with E-state index in [0.717, 1.165) is 5.69 Å². The number of aliphatic hydroxyl groups is 1. The van der Waals surface area contributed by atoms with Gasteiger partial charge < -0.3 is 10.4 Å². The normalized spacial score (nSPS) is 9.86. The molecular weight excluding hydrogens is 273 g/mol. The highest BCUT2D eigenvalue weighted by atomic mass is 19.1. The van der Waals surface area contributed by atoms with Crippen LogP contribution in [0.5, 0.6) is 0 Å². The molecule has 108 valence electrons. The van der Waals surface area contributed by atoms with Gasteiger partial charge in [-0.2, -0.15) is 5.10 Å². The van der Waals surface area contributed by atoms with Crippen molar-refractivity contribution in [3.8, 4) is 11.8 Å². The molecule has 2 aromatic rings. The summed E-state index contributed by atoms with van der Waals surface area (Å²) in [5.74, 6) is 3.84. The van der Waals surface area contributed by atoms with Gasteiger partial charge in [-0.05, 0) is 24.3 Å². The zero-order valence-electron chi connectivity index (χ0n) is 11.4. The van der Waals surface area contributed by atoms with E-state index in [0.29, 0.717) is 5.56 Å². The number of nitrogens with zero attached hydrogens (tertiary/aromatic N) is 2. The van der Waals surface area contributed by atoms with Crippen LogP contribution < -0.4 is 5.32 Å². The van der Waals surface area contributed by atoms with Crippen LogP contribution in [0.1, 0.15) is 21.6 Å². The maximum absolute atomic E-state index is 13.9. The minimum absolute atomic E-state index is 0.0493. The summed E-state index contributed by atoms with van der Waals surface area (Å²) < 4.78 is 15.5. The average Bonchev–Trinajstić information content (AvgIpc) is 2.88. The van der Waals surface area contributed by atoms with E-state index in [9.17, 15) is 9.18 Å². The van der Waals surface area contributed by atoms with E-state index in [4.69, 9.17) is 5.11 Å². The van der Waals surface area contributed by atoms with Crippen molar-refractivity contribution in [1.29, 1.82) is 0 Å². The maximum atomic E-state index is 13.9. The molecule has 0 spiro atoms. The van der Waals surface area contributed by atoms with Crippen LogP contribution in [0.4, 0.5) is 4.39 Å². The van der Waals surface area contributed by atoms with Crippen LogP contribution in [-0.2, 0) is 13.6 Å². The van der Waals surface area contributed by atoms with E-state index in [1.54, 1.807) is 24.0 Å². The Morgan fingerprint density at radius 1 is 1.48 bits per heavy atom. The van der Waals surface area contributed by atoms with Crippen molar-refractivity contribution in [3.05, 3.63) is 53.1 Å². The molecule has 0 atom stereocenters. The lowest BCUT2D eigenvalue weighted by molar-refractivity contribution is 0.0946. The monoisotopic (exact) mass is 287 g/mol. The fraction of sp³-hybridized carbons (Fsp3) is 0.200. The smallest absolute Gasteiger partial charge is 0.254 e. The van der Waals surface area contributed by atoms with Gasteiger partial charge in [0.25, 0.3) is 5.91 Å². The topological polar surface area (TPSA) is 67.2 Å². The molecule has 2 rings (SSSR count). The Morgan fingerprint density at radius 2 is 2.29 bits per heavy atom. The molecule has 0 fully saturated rings. The van der Waals surface area contributed by atoms with Crippen LogP contribution in [0.25, 0.3) is 0 Å². The van der Waals surface area contributed by atoms with Crippen molar-refractivity contribution < 1.29 is 14.3 Å². The molecule has 1 aromatic carbocycles. The number of aryl methyl sites for hydroxylation is 1. The van der Waals surface area contributed by atoms with Crippen molar-refractivity contribution in [2.75, 3.05) is 6.61 Å². The highest BCUT2D eigenvalue weighted by Crippen LogP contribution is 2.10. The molecule has 0 saturated heterocycles. The molecular formula is C15H14FN3O2. The first-order valence-corrected chi connectivity index (χ1v) is 6.26. The number of hydrogen-bond acceptors (Lipinski definition) is 3. The summed E-state index contributed by atoms with van der Waals surface area (Å²) in [6.45, 7) is -0.0323. The van der Waals surface area contributed by atoms with Crippen molar-refractivity contribution in [2.45, 2.75) is 6.54 Å². The average molecular weight is 287 g/mol. The molecule has 5 nitrogen and oxygen atoms in total. The number of rotatable bonds is 3. The second-order valence-electron chi connectivity index (χ2n) is 4.28. The van der Waals surface area contributed by atoms with Crippen molar-refractivity contribution in [2.24, 2.45) is 7.05 Å². The lowest BCUT2D eigenvalue weighted by Gasteiger charge is -2.06. The van der Waals surface area contributed by atoms with E-state index < -0.39 is 11.7 Å². The number of carbonyl (C=O) groups is 1. The van der Waals surface area contributed by atoms with Gasteiger partial charge in [0.05, 0.1) is 17.8 Å². The fourth-order valence-electron chi connectivity index (χ4n) is 1.76. The predicted molar refractivity (Wildman–Crippen MR) is 74.7 cm³/mol. The fourth-order valence-corrected chi connectivity index (χ4v) is 1.76. The van der Waals surface area contributed by atoms with Crippen LogP contribution >= 0.6 is 0 Å². The molecule has 2 N–H and O–H groups in total. The third-order valence-corrected chi connectivity index (χ3v) is 2.88. The zero-order valence-corrected chi connectivity index (χ0v) is 11.4. The maximum Gasteiger partial charge on any atom is 0.254 e. The Bertz CT molecular complexity index is 713. The molecule has 0 aliphatic carbocycles. The first-order valence-electron chi connectivity index (χ1n) is 6.26. The van der Waals surface area contributed by atoms with E-state index in [1.807, 2.05) is 0 Å². The lowest BCUT2D eigenvalue weighted by atomic mass is 10.1. The molecule has 0 aliphatic rings. The Labute approximate surface area is 121 Å². The van der Waals surface area contributed by atoms with Crippen LogP contribution in [0.2, 0.25) is 0 Å². The van der Waals surface area contributed by atoms with Gasteiger partial charge in [-0.1, -0.05) is 11.8 Å². The van der Waals surface area contributed by atoms with Gasteiger partial charge in [0.2, 0.25) is 0 Å². The summed E-state index contributed by atoms with van der Waals surface area (Å²) in [6.07, 6.45) is 1.62. The first kappa shape index (κ1) is 14.8. The number of nitrogens with one attached hydrogen (secondary N) is 1. The molecule has 6 heteroatoms. The lowest BCUT2D eigenvalue weighted by Crippen LogP contribution is -2.25. The standard InChI is InChI=1S/C15H14FN3O2/c1-19-12(6-7-18-19)10-17-15(21)13-5-4-11(3-2-8-20)9-14(13)16/h4-7,9,20H,8,10H2,1H3,(H,17,21). The largest absolute Gasteiger partial charge is 0.384 e. The van der Waals surface area contributed by atoms with Gasteiger partial charge in [-0.3, -0.25) is 9.48 Å². The molecule has 1 heterocycles. The highest BCUT2D eigenvalue weighted by molar-refractivity contribution is 5.94. The SMILES string of the molecule is Cn1nccc1CNC(=O)c1ccc(C#CCO)cc1F. The third-order valence-electron chi connectivity index (χ3n) is 2.88. The summed E-state index contributed by atoms with van der Waals surface area (Å²) in [5.41, 5.74) is 1.17. The first-order chi connectivity index (χ1) is 10.1. The van der Waals surface area contributed by atoms with Crippen molar-refractivity contribution in [1.82, 2.24) is 15.1 Å². The Morgan fingerprint density at radius 3 is 2.90 bits per heavy atom. The van der Waals surface area contributed by atoms with E-state index >= 15 is 0 Å². The van der Waals surface area contributed by atoms with Crippen molar-refractivity contribution in [3.63, 3.8) is 0 Å². The molecule has 1 aromatic heterocycles. The van der Waals surface area contributed by atoms with E-state index in [-0.39, 0.29) is 18.7 Å². The van der Waals surface area contributed by atoms with Gasteiger partial charge in [0.15, 0.2) is 0 Å². The molecule has 0 aliphatic heterocycles. The number of hydrogen-bond donors (Lipinski definition) is 2. The molecule has 0 bridgehead atoms. The number of carbonyl (C=O) groups excluding carboxylic acids is 1. The summed E-state index contributed by atoms with van der Waals surface area (Å²) in [5, 5.41) is 15.2. The summed E-state index contributed by atoms with van der Waals surface area (Å²) in [6, 6.07) is 5.84. The number of aliphatic hydroxyl groups excluding tert-OH is 1. The molecule has 1 amide bonds. The van der Waals surface area contributed by atoms with Crippen LogP contribution in [0.15, 0.2) is 30.5 Å². The van der Waals surface area contributed by atoms with Gasteiger partial charge in [0, 0.05) is 18.8 Å². The van der Waals surface area contributed by atoms with E-state index in [1.165, 1.54) is 18.2 Å². The Hall–Kier alpha value is -2.65. The van der Waals surface area contributed by atoms with Gasteiger partial charge >= 0.3 is 0 Å². The molecule has 0 saturated carbocycles. The zero-order chi connectivity index (χ0) is 15.2. The molecule has 21 heavy (non-hydrogen) atoms. The molecule has 0 radical (unpaired) electrons. The van der Waals surface area contributed by atoms with Gasteiger partial charge in [0.1, 0.15) is 12.4 Å². The third kappa shape index (κ3) is 3.68. The Kier molecular flexibility index (Phi) is 4.69. The number of amides is 1. The number of benzene rings is 1. The second-order valence-corrected chi connectivity index (χ2v) is 4.28. The van der Waals surface area contributed by atoms with Crippen LogP contribution in [-0.4, -0.2) is 27.4 Å². The van der Waals surface area contributed by atoms with Crippen LogP contribution in [0.3, 0.4) is 0 Å². The number of halogens is 1. The summed E-state index contributed by atoms with van der Waals surface area (Å²) >= 11 is 0. The predicted octanol–water partition coefficient (Wildman–Crippen LogP) is 0.833. The van der Waals surface area contributed by atoms with Gasteiger partial charge in [-0.25, -0.2) is 4.39 Å². The van der Waals surface area contributed by atoms with Gasteiger partial charge in [-0.15, -0.1) is 0 Å². The van der Waals surface area contributed by atoms with Crippen molar-refractivity contribution >= 4 is 5.91 Å². The summed E-state index contributed by atoms with van der Waals surface area (Å²) in [4.78, 5) is 11.9.